The fourth-order valence-corrected chi connectivity index (χ4v) is 6.48. The van der Waals surface area contributed by atoms with Crippen LogP contribution >= 0.6 is 23.4 Å². The molecule has 0 aromatic carbocycles. The average Bonchev–Trinajstić information content (AvgIpc) is 3.34. The summed E-state index contributed by atoms with van der Waals surface area (Å²) in [5.74, 6) is -2.33. The molecule has 12 heteroatoms. The number of amides is 1. The van der Waals surface area contributed by atoms with Gasteiger partial charge in [-0.1, -0.05) is 13.3 Å². The fourth-order valence-electron chi connectivity index (χ4n) is 5.56. The van der Waals surface area contributed by atoms with Crippen LogP contribution in [0.15, 0.2) is 0 Å². The maximum absolute atomic E-state index is 13.4. The molecule has 1 amide bonds. The summed E-state index contributed by atoms with van der Waals surface area (Å²) >= 11 is 7.97. The van der Waals surface area contributed by atoms with E-state index >= 15 is 0 Å². The zero-order chi connectivity index (χ0) is 27.5. The van der Waals surface area contributed by atoms with Gasteiger partial charge in [0.25, 0.3) is 0 Å². The van der Waals surface area contributed by atoms with E-state index < -0.39 is 59.0 Å². The largest absolute Gasteiger partial charge is 0.481 e. The SMILES string of the molecule is CCCC1CC(C(=O)NC(C(C)Cl)C2OC(SC)C(OC(=O)CCC(=O)O)C3OC(C)(C)OC23)N(C)C1. The minimum atomic E-state index is -1.08. The number of nitrogens with zero attached hydrogens (tertiary/aromatic N) is 1. The van der Waals surface area contributed by atoms with Gasteiger partial charge in [0, 0.05) is 6.54 Å². The molecule has 3 aliphatic heterocycles. The number of likely N-dealkylation sites (tertiary alicyclic amines) is 1. The second-order valence-electron chi connectivity index (χ2n) is 10.7. The molecule has 0 spiro atoms. The first kappa shape index (κ1) is 30.4. The third kappa shape index (κ3) is 7.51. The molecule has 3 fully saturated rings. The van der Waals surface area contributed by atoms with E-state index in [9.17, 15) is 14.4 Å². The number of hydrogen-bond donors (Lipinski definition) is 2. The Kier molecular flexibility index (Phi) is 10.6. The Balaban J connectivity index is 1.79. The maximum Gasteiger partial charge on any atom is 0.306 e. The third-order valence-electron chi connectivity index (χ3n) is 7.21. The second kappa shape index (κ2) is 12.8. The molecule has 0 aromatic rings. The van der Waals surface area contributed by atoms with Crippen LogP contribution in [-0.4, -0.2) is 101 Å². The van der Waals surface area contributed by atoms with Crippen LogP contribution in [0, 0.1) is 5.92 Å². The van der Waals surface area contributed by atoms with Crippen molar-refractivity contribution in [3.8, 4) is 0 Å². The van der Waals surface area contributed by atoms with E-state index in [1.165, 1.54) is 11.8 Å². The van der Waals surface area contributed by atoms with E-state index in [1.54, 1.807) is 20.8 Å². The Hall–Kier alpha value is -1.11. The molecule has 9 atom stereocenters. The summed E-state index contributed by atoms with van der Waals surface area (Å²) in [5, 5.41) is 11.6. The van der Waals surface area contributed by atoms with Crippen LogP contribution in [0.1, 0.15) is 59.8 Å². The normalized spacial score (nSPS) is 34.9. The van der Waals surface area contributed by atoms with Gasteiger partial charge < -0.3 is 29.4 Å². The first-order chi connectivity index (χ1) is 17.4. The van der Waals surface area contributed by atoms with E-state index in [4.69, 9.17) is 35.7 Å². The number of thioether (sulfide) groups is 1. The molecule has 3 rings (SSSR count). The smallest absolute Gasteiger partial charge is 0.306 e. The second-order valence-corrected chi connectivity index (χ2v) is 12.3. The monoisotopic (exact) mass is 564 g/mol. The summed E-state index contributed by atoms with van der Waals surface area (Å²) < 4.78 is 24.5. The number of carboxylic acids is 1. The zero-order valence-corrected chi connectivity index (χ0v) is 24.0. The van der Waals surface area contributed by atoms with Crippen LogP contribution in [0.5, 0.6) is 0 Å². The number of nitrogens with one attached hydrogen (secondary N) is 1. The first-order valence-electron chi connectivity index (χ1n) is 13.0. The van der Waals surface area contributed by atoms with Crippen molar-refractivity contribution in [2.45, 2.75) is 113 Å². The van der Waals surface area contributed by atoms with Crippen molar-refractivity contribution in [2.24, 2.45) is 5.92 Å². The number of halogens is 1. The fraction of sp³-hybridized carbons (Fsp3) is 0.880. The number of fused-ring (bicyclic) bond motifs is 1. The van der Waals surface area contributed by atoms with Gasteiger partial charge in [-0.15, -0.1) is 23.4 Å². The number of rotatable bonds is 11. The van der Waals surface area contributed by atoms with E-state index in [0.717, 1.165) is 25.8 Å². The molecule has 3 saturated heterocycles. The van der Waals surface area contributed by atoms with Crippen molar-refractivity contribution >= 4 is 41.2 Å². The standard InChI is InChI=1S/C25H41ClN2O8S/c1-7-8-14-11-15(28(5)12-14)23(32)27-18(13(2)26)19-20-21(36-25(3,4)35-20)22(24(34-19)37-6)33-17(31)10-9-16(29)30/h13-15,18-22,24H,7-12H2,1-6H3,(H,27,32)(H,29,30). The number of carboxylic acid groups (broad SMARTS) is 1. The van der Waals surface area contributed by atoms with Gasteiger partial charge in [0.15, 0.2) is 11.9 Å². The van der Waals surface area contributed by atoms with Crippen LogP contribution in [0.3, 0.4) is 0 Å². The molecule has 0 bridgehead atoms. The van der Waals surface area contributed by atoms with Crippen LogP contribution < -0.4 is 5.32 Å². The Morgan fingerprint density at radius 1 is 1.24 bits per heavy atom. The van der Waals surface area contributed by atoms with Crippen molar-refractivity contribution in [3.05, 3.63) is 0 Å². The molecule has 212 valence electrons. The topological polar surface area (TPSA) is 124 Å². The minimum absolute atomic E-state index is 0.0974. The molecular weight excluding hydrogens is 524 g/mol. The lowest BCUT2D eigenvalue weighted by Gasteiger charge is -2.44. The Morgan fingerprint density at radius 3 is 2.51 bits per heavy atom. The summed E-state index contributed by atoms with van der Waals surface area (Å²) in [6, 6.07) is -0.832. The first-order valence-corrected chi connectivity index (χ1v) is 14.7. The summed E-state index contributed by atoms with van der Waals surface area (Å²) in [6.07, 6.45) is 1.36. The van der Waals surface area contributed by atoms with Crippen molar-refractivity contribution in [1.82, 2.24) is 10.2 Å². The van der Waals surface area contributed by atoms with Gasteiger partial charge in [-0.2, -0.15) is 0 Å². The highest BCUT2D eigenvalue weighted by molar-refractivity contribution is 7.99. The van der Waals surface area contributed by atoms with Crippen LogP contribution in [0.4, 0.5) is 0 Å². The predicted octanol–water partition coefficient (Wildman–Crippen LogP) is 2.60. The van der Waals surface area contributed by atoms with Gasteiger partial charge in [0.05, 0.1) is 30.3 Å². The van der Waals surface area contributed by atoms with Gasteiger partial charge >= 0.3 is 11.9 Å². The van der Waals surface area contributed by atoms with Gasteiger partial charge in [-0.3, -0.25) is 19.3 Å². The molecule has 37 heavy (non-hydrogen) atoms. The average molecular weight is 565 g/mol. The summed E-state index contributed by atoms with van der Waals surface area (Å²) in [4.78, 5) is 38.8. The summed E-state index contributed by atoms with van der Waals surface area (Å²) in [6.45, 7) is 8.36. The van der Waals surface area contributed by atoms with E-state index in [2.05, 4.69) is 17.1 Å². The number of hydrogen-bond acceptors (Lipinski definition) is 9. The molecule has 0 radical (unpaired) electrons. The van der Waals surface area contributed by atoms with Crippen molar-refractivity contribution in [1.29, 1.82) is 0 Å². The lowest BCUT2D eigenvalue weighted by atomic mass is 9.92. The number of ether oxygens (including phenoxy) is 4. The number of alkyl halides is 1. The van der Waals surface area contributed by atoms with Crippen LogP contribution in [0.25, 0.3) is 0 Å². The quantitative estimate of drug-likeness (QED) is 0.286. The lowest BCUT2D eigenvalue weighted by molar-refractivity contribution is -0.193. The highest BCUT2D eigenvalue weighted by Crippen LogP contribution is 2.42. The third-order valence-corrected chi connectivity index (χ3v) is 8.32. The van der Waals surface area contributed by atoms with Gasteiger partial charge in [0.2, 0.25) is 5.91 Å². The van der Waals surface area contributed by atoms with Crippen molar-refractivity contribution < 1.29 is 38.4 Å². The highest BCUT2D eigenvalue weighted by atomic mass is 35.5. The molecule has 0 saturated carbocycles. The summed E-state index contributed by atoms with van der Waals surface area (Å²) in [7, 11) is 1.97. The molecular formula is C25H41ClN2O8S. The maximum atomic E-state index is 13.4. The Labute approximate surface area is 228 Å². The number of likely N-dealkylation sites (N-methyl/N-ethyl adjacent to an activating group) is 1. The summed E-state index contributed by atoms with van der Waals surface area (Å²) in [5.41, 5.74) is -0.629. The molecule has 10 nitrogen and oxygen atoms in total. The molecule has 3 heterocycles. The van der Waals surface area contributed by atoms with Crippen molar-refractivity contribution in [2.75, 3.05) is 19.8 Å². The highest BCUT2D eigenvalue weighted by Gasteiger charge is 2.59. The molecule has 2 N–H and O–H groups in total. The van der Waals surface area contributed by atoms with E-state index in [0.29, 0.717) is 5.92 Å². The number of aliphatic carboxylic acids is 1. The molecule has 3 aliphatic rings. The minimum Gasteiger partial charge on any atom is -0.481 e. The molecule has 9 unspecified atom stereocenters. The van der Waals surface area contributed by atoms with Gasteiger partial charge in [0.1, 0.15) is 23.7 Å². The van der Waals surface area contributed by atoms with Gasteiger partial charge in [-0.05, 0) is 52.8 Å². The van der Waals surface area contributed by atoms with E-state index in [1.807, 2.05) is 13.3 Å². The number of esters is 1. The van der Waals surface area contributed by atoms with Crippen LogP contribution in [0.2, 0.25) is 0 Å². The zero-order valence-electron chi connectivity index (χ0n) is 22.5. The number of carbonyl (C=O) groups is 3. The van der Waals surface area contributed by atoms with Crippen molar-refractivity contribution in [3.63, 3.8) is 0 Å². The van der Waals surface area contributed by atoms with Crippen LogP contribution in [-0.2, 0) is 33.3 Å². The van der Waals surface area contributed by atoms with Gasteiger partial charge in [-0.25, -0.2) is 0 Å². The Bertz CT molecular complexity index is 831. The predicted molar refractivity (Wildman–Crippen MR) is 139 cm³/mol. The molecule has 0 aliphatic carbocycles. The lowest BCUT2D eigenvalue weighted by Crippen LogP contribution is -2.65. The molecule has 0 aromatic heterocycles. The van der Waals surface area contributed by atoms with E-state index in [-0.39, 0.29) is 24.8 Å². The number of carbonyl (C=O) groups excluding carboxylic acids is 2. The Morgan fingerprint density at radius 2 is 1.92 bits per heavy atom.